The summed E-state index contributed by atoms with van der Waals surface area (Å²) in [7, 11) is 0. The van der Waals surface area contributed by atoms with Crippen molar-refractivity contribution in [1.29, 1.82) is 0 Å². The number of barbiturate groups is 1. The number of ether oxygens (including phenoxy) is 1. The van der Waals surface area contributed by atoms with Crippen molar-refractivity contribution >= 4 is 33.8 Å². The molecule has 28 heavy (non-hydrogen) atoms. The first kappa shape index (κ1) is 20.8. The van der Waals surface area contributed by atoms with Crippen LogP contribution < -0.4 is 11.1 Å². The summed E-state index contributed by atoms with van der Waals surface area (Å²) < 4.78 is 34.6. The average Bonchev–Trinajstić information content (AvgIpc) is 2.65. The van der Waals surface area contributed by atoms with Gasteiger partial charge in [-0.2, -0.15) is 0 Å². The molecule has 10 heteroatoms. The number of hydrogen-bond acceptors (Lipinski definition) is 5. The van der Waals surface area contributed by atoms with Crippen LogP contribution in [0.3, 0.4) is 0 Å². The highest BCUT2D eigenvalue weighted by atomic mass is 79.9. The predicted octanol–water partition coefficient (Wildman–Crippen LogP) is 2.19. The number of benzene rings is 1. The number of amides is 4. The molecular weight excluding hydrogens is 440 g/mol. The zero-order valence-corrected chi connectivity index (χ0v) is 16.5. The van der Waals surface area contributed by atoms with Crippen molar-refractivity contribution < 1.29 is 27.9 Å². The zero-order valence-electron chi connectivity index (χ0n) is 14.9. The number of carbonyl (C=O) groups is 3. The van der Waals surface area contributed by atoms with Crippen molar-refractivity contribution in [2.45, 2.75) is 37.5 Å². The Bertz CT molecular complexity index is 788. The van der Waals surface area contributed by atoms with Gasteiger partial charge in [-0.3, -0.25) is 19.8 Å². The molecule has 0 spiro atoms. The Labute approximate surface area is 168 Å². The summed E-state index contributed by atoms with van der Waals surface area (Å²) in [6.07, 6.45) is -1.51. The first-order chi connectivity index (χ1) is 13.3. The molecule has 1 aromatic carbocycles. The Morgan fingerprint density at radius 1 is 1.29 bits per heavy atom. The summed E-state index contributed by atoms with van der Waals surface area (Å²) in [5, 5.41) is 2.11. The Balaban J connectivity index is 1.74. The van der Waals surface area contributed by atoms with Crippen LogP contribution in [0.15, 0.2) is 22.7 Å². The third-order valence-corrected chi connectivity index (χ3v) is 5.52. The maximum atomic E-state index is 14.8. The molecule has 0 saturated carbocycles. The number of nitrogens with two attached hydrogens (primary N) is 1. The van der Waals surface area contributed by atoms with Crippen LogP contribution in [-0.4, -0.2) is 48.2 Å². The molecule has 3 atom stereocenters. The number of carbonyl (C=O) groups excluding carboxylic acids is 3. The Morgan fingerprint density at radius 2 is 1.96 bits per heavy atom. The van der Waals surface area contributed by atoms with Gasteiger partial charge in [0, 0.05) is 35.7 Å². The standard InChI is InChI=1S/C18H20BrF2N3O4/c19-9-1-2-11(13(20)7-9)15(22)14(21)8-12-16(25)23-18(27)24(17(12)26)10-3-5-28-6-4-10/h1-2,7,10,12,14-15H,3-6,8,22H2,(H,23,25,27)/t12?,14-,15-/m0/s1. The highest BCUT2D eigenvalue weighted by Gasteiger charge is 2.45. The lowest BCUT2D eigenvalue weighted by molar-refractivity contribution is -0.146. The van der Waals surface area contributed by atoms with E-state index in [1.54, 1.807) is 0 Å². The second kappa shape index (κ2) is 8.62. The van der Waals surface area contributed by atoms with Crippen LogP contribution in [0.2, 0.25) is 0 Å². The molecule has 0 radical (unpaired) electrons. The van der Waals surface area contributed by atoms with Gasteiger partial charge in [0.1, 0.15) is 17.9 Å². The maximum absolute atomic E-state index is 14.8. The molecule has 7 nitrogen and oxygen atoms in total. The fraction of sp³-hybridized carbons (Fsp3) is 0.500. The third-order valence-electron chi connectivity index (χ3n) is 5.03. The molecule has 0 bridgehead atoms. The Hall–Kier alpha value is -1.91. The molecule has 152 valence electrons. The summed E-state index contributed by atoms with van der Waals surface area (Å²) in [6.45, 7) is 0.777. The van der Waals surface area contributed by atoms with E-state index in [1.807, 2.05) is 0 Å². The molecule has 2 fully saturated rings. The minimum absolute atomic E-state index is 0.0586. The van der Waals surface area contributed by atoms with Gasteiger partial charge in [0.15, 0.2) is 0 Å². The van der Waals surface area contributed by atoms with E-state index in [9.17, 15) is 23.2 Å². The van der Waals surface area contributed by atoms with Crippen molar-refractivity contribution in [3.8, 4) is 0 Å². The molecule has 2 aliphatic rings. The molecule has 1 unspecified atom stereocenters. The van der Waals surface area contributed by atoms with Crippen molar-refractivity contribution in [2.75, 3.05) is 13.2 Å². The first-order valence-electron chi connectivity index (χ1n) is 8.90. The van der Waals surface area contributed by atoms with E-state index in [4.69, 9.17) is 10.5 Å². The maximum Gasteiger partial charge on any atom is 0.331 e. The lowest BCUT2D eigenvalue weighted by Crippen LogP contribution is -2.62. The van der Waals surface area contributed by atoms with E-state index in [1.165, 1.54) is 12.1 Å². The number of urea groups is 1. The highest BCUT2D eigenvalue weighted by Crippen LogP contribution is 2.29. The number of alkyl halides is 1. The number of hydrogen-bond donors (Lipinski definition) is 2. The van der Waals surface area contributed by atoms with Gasteiger partial charge in [0.05, 0.1) is 6.04 Å². The number of imide groups is 2. The first-order valence-corrected chi connectivity index (χ1v) is 9.69. The minimum Gasteiger partial charge on any atom is -0.381 e. The quantitative estimate of drug-likeness (QED) is 0.657. The number of halogens is 3. The minimum atomic E-state index is -1.86. The van der Waals surface area contributed by atoms with Crippen LogP contribution in [-0.2, 0) is 14.3 Å². The molecule has 1 aromatic rings. The Kier molecular flexibility index (Phi) is 6.41. The lowest BCUT2D eigenvalue weighted by Gasteiger charge is -2.37. The molecule has 2 aliphatic heterocycles. The molecular formula is C18H20BrF2N3O4. The van der Waals surface area contributed by atoms with Gasteiger partial charge < -0.3 is 10.5 Å². The van der Waals surface area contributed by atoms with Crippen LogP contribution in [0.4, 0.5) is 13.6 Å². The van der Waals surface area contributed by atoms with E-state index >= 15 is 0 Å². The molecule has 2 heterocycles. The van der Waals surface area contributed by atoms with Gasteiger partial charge in [-0.1, -0.05) is 22.0 Å². The van der Waals surface area contributed by atoms with Gasteiger partial charge in [0.2, 0.25) is 11.8 Å². The number of nitrogens with zero attached hydrogens (tertiary/aromatic N) is 1. The van der Waals surface area contributed by atoms with Crippen molar-refractivity contribution in [3.63, 3.8) is 0 Å². The van der Waals surface area contributed by atoms with Gasteiger partial charge in [0.25, 0.3) is 0 Å². The molecule has 4 amide bonds. The number of rotatable bonds is 5. The molecule has 0 aromatic heterocycles. The van der Waals surface area contributed by atoms with Crippen LogP contribution in [0.1, 0.15) is 30.9 Å². The second-order valence-corrected chi connectivity index (χ2v) is 7.76. The SMILES string of the molecule is N[C@@H](c1ccc(Br)cc1F)[C@@H](F)CC1C(=O)NC(=O)N(C2CCOCC2)C1=O. The highest BCUT2D eigenvalue weighted by molar-refractivity contribution is 9.10. The third kappa shape index (κ3) is 4.23. The van der Waals surface area contributed by atoms with Crippen molar-refractivity contribution in [2.24, 2.45) is 11.7 Å². The van der Waals surface area contributed by atoms with Gasteiger partial charge >= 0.3 is 6.03 Å². The summed E-state index contributed by atoms with van der Waals surface area (Å²) in [5.74, 6) is -3.72. The van der Waals surface area contributed by atoms with E-state index in [2.05, 4.69) is 21.2 Å². The van der Waals surface area contributed by atoms with Gasteiger partial charge in [-0.15, -0.1) is 0 Å². The van der Waals surface area contributed by atoms with Crippen LogP contribution in [0, 0.1) is 11.7 Å². The molecule has 3 rings (SSSR count). The number of nitrogens with one attached hydrogen (secondary N) is 1. The monoisotopic (exact) mass is 459 g/mol. The topological polar surface area (TPSA) is 102 Å². The van der Waals surface area contributed by atoms with E-state index in [-0.39, 0.29) is 5.56 Å². The summed E-state index contributed by atoms with van der Waals surface area (Å²) in [4.78, 5) is 38.0. The van der Waals surface area contributed by atoms with Gasteiger partial charge in [-0.25, -0.2) is 13.6 Å². The molecule has 3 N–H and O–H groups in total. The van der Waals surface area contributed by atoms with Crippen LogP contribution in [0.25, 0.3) is 0 Å². The largest absolute Gasteiger partial charge is 0.381 e. The Morgan fingerprint density at radius 3 is 2.61 bits per heavy atom. The fourth-order valence-corrected chi connectivity index (χ4v) is 3.80. The van der Waals surface area contributed by atoms with Crippen molar-refractivity contribution in [1.82, 2.24) is 10.2 Å². The van der Waals surface area contributed by atoms with E-state index in [0.717, 1.165) is 11.0 Å². The average molecular weight is 460 g/mol. The van der Waals surface area contributed by atoms with E-state index in [0.29, 0.717) is 30.5 Å². The van der Waals surface area contributed by atoms with E-state index < -0.39 is 54.3 Å². The molecule has 2 saturated heterocycles. The smallest absolute Gasteiger partial charge is 0.331 e. The summed E-state index contributed by atoms with van der Waals surface area (Å²) in [6, 6.07) is 1.45. The van der Waals surface area contributed by atoms with Crippen molar-refractivity contribution in [3.05, 3.63) is 34.1 Å². The predicted molar refractivity (Wildman–Crippen MR) is 98.3 cm³/mol. The lowest BCUT2D eigenvalue weighted by atomic mass is 9.91. The van der Waals surface area contributed by atoms with Gasteiger partial charge in [-0.05, 0) is 25.0 Å². The fourth-order valence-electron chi connectivity index (χ4n) is 3.47. The molecule has 0 aliphatic carbocycles. The summed E-state index contributed by atoms with van der Waals surface area (Å²) in [5.41, 5.74) is 5.77. The second-order valence-electron chi connectivity index (χ2n) is 6.84. The summed E-state index contributed by atoms with van der Waals surface area (Å²) >= 11 is 3.11. The zero-order chi connectivity index (χ0) is 20.4. The van der Waals surface area contributed by atoms with Crippen LogP contribution >= 0.6 is 15.9 Å². The normalized spacial score (nSPS) is 23.5. The van der Waals surface area contributed by atoms with Crippen LogP contribution in [0.5, 0.6) is 0 Å².